The second-order valence-electron chi connectivity index (χ2n) is 1.97. The first-order valence-electron chi connectivity index (χ1n) is 3.02. The Balaban J connectivity index is 3.12. The number of methoxy groups -OCH3 is 1. The molecule has 1 N–H and O–H groups in total. The van der Waals surface area contributed by atoms with Gasteiger partial charge in [0.2, 0.25) is 5.88 Å². The first kappa shape index (κ1) is 9.08. The summed E-state index contributed by atoms with van der Waals surface area (Å²) in [7, 11) is 1.36. The van der Waals surface area contributed by atoms with Crippen LogP contribution in [0.2, 0.25) is 0 Å². The minimum atomic E-state index is -0.570. The first-order valence-corrected chi connectivity index (χ1v) is 3.42. The van der Waals surface area contributed by atoms with Gasteiger partial charge >= 0.3 is 0 Å². The van der Waals surface area contributed by atoms with Gasteiger partial charge < -0.3 is 4.74 Å². The number of pyridine rings is 1. The molecule has 0 aromatic carbocycles. The number of hydrogen-bond acceptors (Lipinski definition) is 5. The number of anilines is 1. The van der Waals surface area contributed by atoms with Gasteiger partial charge in [0.25, 0.3) is 0 Å². The van der Waals surface area contributed by atoms with E-state index in [1.54, 1.807) is 0 Å². The Bertz CT molecular complexity index is 282. The summed E-state index contributed by atoms with van der Waals surface area (Å²) < 4.78 is 17.7. The third kappa shape index (κ3) is 1.77. The molecule has 0 spiro atoms. The zero-order valence-electron chi connectivity index (χ0n) is 6.23. The highest BCUT2D eigenvalue weighted by Gasteiger charge is 2.09. The summed E-state index contributed by atoms with van der Waals surface area (Å²) in [5.41, 5.74) is 0.0563. The van der Waals surface area contributed by atoms with Gasteiger partial charge in [0.1, 0.15) is 11.5 Å². The number of nitrogens with zero attached hydrogens (tertiary/aromatic N) is 2. The summed E-state index contributed by atoms with van der Waals surface area (Å²) in [6.07, 6.45) is 0.986. The van der Waals surface area contributed by atoms with Crippen molar-refractivity contribution in [1.82, 2.24) is 4.98 Å². The molecule has 1 rings (SSSR count). The van der Waals surface area contributed by atoms with E-state index in [4.69, 9.17) is 9.94 Å². The topological polar surface area (TPSA) is 45.6 Å². The summed E-state index contributed by atoms with van der Waals surface area (Å²) in [6.45, 7) is 0. The van der Waals surface area contributed by atoms with Crippen LogP contribution < -0.4 is 9.21 Å². The van der Waals surface area contributed by atoms with Crippen molar-refractivity contribution in [1.29, 1.82) is 0 Å². The van der Waals surface area contributed by atoms with Gasteiger partial charge in [0, 0.05) is 6.07 Å². The minimum absolute atomic E-state index is 0.0563. The Labute approximate surface area is 74.1 Å². The average Bonchev–Trinajstić information content (AvgIpc) is 2.04. The predicted octanol–water partition coefficient (Wildman–Crippen LogP) is 1.27. The molecule has 1 heterocycles. The number of halogens is 1. The van der Waals surface area contributed by atoms with E-state index in [0.29, 0.717) is 4.47 Å². The maximum atomic E-state index is 12.6. The number of ether oxygens (including phenoxy) is 1. The molecule has 0 bridgehead atoms. The highest BCUT2D eigenvalue weighted by atomic mass is 32.1. The van der Waals surface area contributed by atoms with Gasteiger partial charge in [-0.05, 0) is 12.8 Å². The van der Waals surface area contributed by atoms with E-state index in [0.717, 1.165) is 12.3 Å². The molecule has 0 saturated heterocycles. The molecular weight excluding hydrogens is 183 g/mol. The van der Waals surface area contributed by atoms with Crippen LogP contribution >= 0.6 is 12.8 Å². The van der Waals surface area contributed by atoms with Crippen LogP contribution in [0.15, 0.2) is 12.3 Å². The van der Waals surface area contributed by atoms with Crippen LogP contribution in [0.25, 0.3) is 0 Å². The lowest BCUT2D eigenvalue weighted by Gasteiger charge is -2.11. The van der Waals surface area contributed by atoms with Crippen LogP contribution in [0.3, 0.4) is 0 Å². The van der Waals surface area contributed by atoms with Crippen molar-refractivity contribution in [2.45, 2.75) is 0 Å². The second kappa shape index (κ2) is 3.59. The zero-order chi connectivity index (χ0) is 9.14. The standard InChI is InChI=1S/C6H7FN2O2S/c1-11-6-5(9(10)12)2-4(7)3-8-6/h2-3,10,12H,1H3. The predicted molar refractivity (Wildman–Crippen MR) is 44.0 cm³/mol. The largest absolute Gasteiger partial charge is 0.479 e. The summed E-state index contributed by atoms with van der Waals surface area (Å²) in [5.74, 6) is -0.465. The van der Waals surface area contributed by atoms with Gasteiger partial charge in [0.15, 0.2) is 0 Å². The van der Waals surface area contributed by atoms with E-state index in [9.17, 15) is 4.39 Å². The summed E-state index contributed by atoms with van der Waals surface area (Å²) >= 11 is 3.56. The Morgan fingerprint density at radius 2 is 2.42 bits per heavy atom. The Morgan fingerprint density at radius 3 is 2.92 bits per heavy atom. The SMILES string of the molecule is COc1ncc(F)cc1N(O)S. The summed E-state index contributed by atoms with van der Waals surface area (Å²) in [4.78, 5) is 3.57. The highest BCUT2D eigenvalue weighted by Crippen LogP contribution is 2.25. The molecule has 66 valence electrons. The molecular formula is C6H7FN2O2S. The van der Waals surface area contributed by atoms with E-state index in [-0.39, 0.29) is 11.6 Å². The second-order valence-corrected chi connectivity index (χ2v) is 2.35. The lowest BCUT2D eigenvalue weighted by Crippen LogP contribution is -2.05. The first-order chi connectivity index (χ1) is 5.65. The third-order valence-corrected chi connectivity index (χ3v) is 1.42. The molecule has 0 aliphatic carbocycles. The fraction of sp³-hybridized carbons (Fsp3) is 0.167. The number of rotatable bonds is 2. The molecule has 0 aliphatic rings. The van der Waals surface area contributed by atoms with Crippen molar-refractivity contribution in [2.24, 2.45) is 0 Å². The number of thiol groups is 1. The smallest absolute Gasteiger partial charge is 0.240 e. The maximum absolute atomic E-state index is 12.6. The molecule has 0 amide bonds. The van der Waals surface area contributed by atoms with Crippen LogP contribution in [-0.4, -0.2) is 17.3 Å². The van der Waals surface area contributed by atoms with Crippen LogP contribution in [-0.2, 0) is 0 Å². The van der Waals surface area contributed by atoms with Crippen molar-refractivity contribution in [3.05, 3.63) is 18.1 Å². The summed E-state index contributed by atoms with van der Waals surface area (Å²) in [6, 6.07) is 1.05. The number of aromatic nitrogens is 1. The quantitative estimate of drug-likeness (QED) is 0.544. The maximum Gasteiger partial charge on any atom is 0.240 e. The van der Waals surface area contributed by atoms with Crippen LogP contribution in [0.1, 0.15) is 0 Å². The minimum Gasteiger partial charge on any atom is -0.479 e. The fourth-order valence-electron chi connectivity index (χ4n) is 0.717. The van der Waals surface area contributed by atoms with Gasteiger partial charge in [-0.1, -0.05) is 0 Å². The van der Waals surface area contributed by atoms with Crippen molar-refractivity contribution in [3.63, 3.8) is 0 Å². The molecule has 0 atom stereocenters. The van der Waals surface area contributed by atoms with Crippen molar-refractivity contribution in [3.8, 4) is 5.88 Å². The molecule has 6 heteroatoms. The molecule has 1 aromatic heterocycles. The highest BCUT2D eigenvalue weighted by molar-refractivity contribution is 7.81. The number of hydrogen-bond donors (Lipinski definition) is 2. The van der Waals surface area contributed by atoms with Gasteiger partial charge in [-0.15, -0.1) is 0 Å². The monoisotopic (exact) mass is 190 g/mol. The normalized spacial score (nSPS) is 9.67. The lowest BCUT2D eigenvalue weighted by molar-refractivity contribution is 0.322. The Kier molecular flexibility index (Phi) is 2.72. The molecule has 0 fully saturated rings. The van der Waals surface area contributed by atoms with Crippen LogP contribution in [0.4, 0.5) is 10.1 Å². The molecule has 12 heavy (non-hydrogen) atoms. The van der Waals surface area contributed by atoms with Gasteiger partial charge in [-0.3, -0.25) is 5.21 Å². The van der Waals surface area contributed by atoms with Gasteiger partial charge in [-0.2, -0.15) is 4.47 Å². The van der Waals surface area contributed by atoms with Crippen LogP contribution in [0.5, 0.6) is 5.88 Å². The molecule has 4 nitrogen and oxygen atoms in total. The third-order valence-electron chi connectivity index (χ3n) is 1.21. The van der Waals surface area contributed by atoms with Crippen molar-refractivity contribution >= 4 is 18.5 Å². The van der Waals surface area contributed by atoms with Crippen molar-refractivity contribution < 1.29 is 14.3 Å². The Morgan fingerprint density at radius 1 is 1.75 bits per heavy atom. The van der Waals surface area contributed by atoms with E-state index in [1.807, 2.05) is 0 Å². The van der Waals surface area contributed by atoms with E-state index in [2.05, 4.69) is 17.8 Å². The van der Waals surface area contributed by atoms with E-state index >= 15 is 0 Å². The summed E-state index contributed by atoms with van der Waals surface area (Å²) in [5, 5.41) is 8.87. The zero-order valence-corrected chi connectivity index (χ0v) is 7.12. The van der Waals surface area contributed by atoms with Crippen molar-refractivity contribution in [2.75, 3.05) is 11.6 Å². The van der Waals surface area contributed by atoms with Gasteiger partial charge in [-0.25, -0.2) is 9.37 Å². The van der Waals surface area contributed by atoms with Crippen LogP contribution in [0, 0.1) is 5.82 Å². The molecule has 0 radical (unpaired) electrons. The van der Waals surface area contributed by atoms with Gasteiger partial charge in [0.05, 0.1) is 13.3 Å². The molecule has 0 saturated carbocycles. The average molecular weight is 190 g/mol. The van der Waals surface area contributed by atoms with E-state index in [1.165, 1.54) is 7.11 Å². The van der Waals surface area contributed by atoms with E-state index < -0.39 is 5.82 Å². The molecule has 0 unspecified atom stereocenters. The fourth-order valence-corrected chi connectivity index (χ4v) is 0.860. The molecule has 0 aliphatic heterocycles. The lowest BCUT2D eigenvalue weighted by atomic mass is 10.4. The molecule has 1 aromatic rings. The Hall–Kier alpha value is -1.01.